The number of carbonyl (C=O) groups is 2. The summed E-state index contributed by atoms with van der Waals surface area (Å²) in [6.07, 6.45) is 0.559. The lowest BCUT2D eigenvalue weighted by Gasteiger charge is -2.21. The van der Waals surface area contributed by atoms with Crippen molar-refractivity contribution in [3.63, 3.8) is 0 Å². The minimum absolute atomic E-state index is 0.0942. The van der Waals surface area contributed by atoms with Gasteiger partial charge < -0.3 is 15.0 Å². The molecule has 120 valence electrons. The van der Waals surface area contributed by atoms with Gasteiger partial charge in [-0.2, -0.15) is 0 Å². The first kappa shape index (κ1) is 16.3. The Morgan fingerprint density at radius 2 is 2.27 bits per heavy atom. The minimum atomic E-state index is -0.121. The Morgan fingerprint density at radius 1 is 1.50 bits per heavy atom. The lowest BCUT2D eigenvalue weighted by atomic mass is 10.2. The van der Waals surface area contributed by atoms with Crippen molar-refractivity contribution in [3.8, 4) is 5.88 Å². The van der Waals surface area contributed by atoms with Gasteiger partial charge in [-0.15, -0.1) is 0 Å². The van der Waals surface area contributed by atoms with Crippen LogP contribution in [-0.4, -0.2) is 46.9 Å². The standard InChI is InChI=1S/C16H23N3O3/c1-4-22-15-7-5-6-12(18-15)8-14(20)17-13-9-16(21)19(10-13)11(2)3/h5-7,11,13H,4,8-10H2,1-3H3,(H,17,20). The van der Waals surface area contributed by atoms with Crippen molar-refractivity contribution in [1.29, 1.82) is 0 Å². The summed E-state index contributed by atoms with van der Waals surface area (Å²) >= 11 is 0. The fourth-order valence-corrected chi connectivity index (χ4v) is 2.55. The summed E-state index contributed by atoms with van der Waals surface area (Å²) in [5.74, 6) is 0.496. The second kappa shape index (κ2) is 7.24. The van der Waals surface area contributed by atoms with Gasteiger partial charge in [-0.25, -0.2) is 4.98 Å². The van der Waals surface area contributed by atoms with Crippen molar-refractivity contribution in [1.82, 2.24) is 15.2 Å². The molecule has 22 heavy (non-hydrogen) atoms. The first-order valence-electron chi connectivity index (χ1n) is 7.67. The van der Waals surface area contributed by atoms with Crippen molar-refractivity contribution in [2.45, 2.75) is 45.7 Å². The Bertz CT molecular complexity index is 545. The van der Waals surface area contributed by atoms with Crippen LogP contribution in [0.25, 0.3) is 0 Å². The van der Waals surface area contributed by atoms with Gasteiger partial charge in [0.25, 0.3) is 0 Å². The Kier molecular flexibility index (Phi) is 5.35. The van der Waals surface area contributed by atoms with Crippen LogP contribution in [0.4, 0.5) is 0 Å². The van der Waals surface area contributed by atoms with Gasteiger partial charge >= 0.3 is 0 Å². The second-order valence-corrected chi connectivity index (χ2v) is 5.69. The molecule has 0 bridgehead atoms. The van der Waals surface area contributed by atoms with E-state index in [2.05, 4.69) is 10.3 Å². The van der Waals surface area contributed by atoms with E-state index in [1.54, 1.807) is 17.0 Å². The molecule has 2 rings (SSSR count). The number of hydrogen-bond acceptors (Lipinski definition) is 4. The summed E-state index contributed by atoms with van der Waals surface area (Å²) in [6.45, 7) is 6.96. The van der Waals surface area contributed by atoms with Gasteiger partial charge in [0.15, 0.2) is 0 Å². The molecule has 1 fully saturated rings. The molecule has 0 aromatic carbocycles. The molecule has 1 atom stereocenters. The molecule has 2 heterocycles. The van der Waals surface area contributed by atoms with E-state index in [1.165, 1.54) is 0 Å². The number of ether oxygens (including phenoxy) is 1. The van der Waals surface area contributed by atoms with Crippen molar-refractivity contribution in [2.24, 2.45) is 0 Å². The lowest BCUT2D eigenvalue weighted by molar-refractivity contribution is -0.129. The van der Waals surface area contributed by atoms with Gasteiger partial charge in [0.1, 0.15) is 0 Å². The van der Waals surface area contributed by atoms with Gasteiger partial charge in [-0.1, -0.05) is 6.07 Å². The third-order valence-electron chi connectivity index (χ3n) is 3.56. The average Bonchev–Trinajstić information content (AvgIpc) is 2.80. The Labute approximate surface area is 130 Å². The fraction of sp³-hybridized carbons (Fsp3) is 0.562. The van der Waals surface area contributed by atoms with Crippen LogP contribution < -0.4 is 10.1 Å². The minimum Gasteiger partial charge on any atom is -0.478 e. The van der Waals surface area contributed by atoms with Crippen LogP contribution in [0.5, 0.6) is 5.88 Å². The highest BCUT2D eigenvalue weighted by atomic mass is 16.5. The quantitative estimate of drug-likeness (QED) is 0.856. The molecule has 0 aliphatic carbocycles. The normalized spacial score (nSPS) is 17.9. The van der Waals surface area contributed by atoms with Crippen LogP contribution in [0.15, 0.2) is 18.2 Å². The summed E-state index contributed by atoms with van der Waals surface area (Å²) < 4.78 is 5.32. The van der Waals surface area contributed by atoms with E-state index in [0.717, 1.165) is 0 Å². The van der Waals surface area contributed by atoms with Crippen LogP contribution in [0.3, 0.4) is 0 Å². The van der Waals surface area contributed by atoms with Gasteiger partial charge in [0, 0.05) is 25.1 Å². The van der Waals surface area contributed by atoms with Gasteiger partial charge in [-0.3, -0.25) is 9.59 Å². The van der Waals surface area contributed by atoms with E-state index in [-0.39, 0.29) is 30.3 Å². The van der Waals surface area contributed by atoms with Crippen molar-refractivity contribution in [2.75, 3.05) is 13.2 Å². The molecular weight excluding hydrogens is 282 g/mol. The molecule has 1 N–H and O–H groups in total. The van der Waals surface area contributed by atoms with E-state index in [1.807, 2.05) is 26.8 Å². The molecule has 0 spiro atoms. The predicted molar refractivity (Wildman–Crippen MR) is 82.5 cm³/mol. The molecule has 6 nitrogen and oxygen atoms in total. The van der Waals surface area contributed by atoms with Crippen molar-refractivity contribution in [3.05, 3.63) is 23.9 Å². The molecule has 1 aliphatic heterocycles. The Hall–Kier alpha value is -2.11. The molecule has 1 aromatic rings. The number of hydrogen-bond donors (Lipinski definition) is 1. The van der Waals surface area contributed by atoms with Crippen molar-refractivity contribution >= 4 is 11.8 Å². The first-order chi connectivity index (χ1) is 10.5. The lowest BCUT2D eigenvalue weighted by Crippen LogP contribution is -2.39. The smallest absolute Gasteiger partial charge is 0.226 e. The van der Waals surface area contributed by atoms with Crippen LogP contribution in [0.1, 0.15) is 32.9 Å². The highest BCUT2D eigenvalue weighted by molar-refractivity contribution is 5.83. The molecule has 2 amide bonds. The number of pyridine rings is 1. The largest absolute Gasteiger partial charge is 0.478 e. The summed E-state index contributed by atoms with van der Waals surface area (Å²) in [5.41, 5.74) is 0.661. The molecule has 0 radical (unpaired) electrons. The zero-order chi connectivity index (χ0) is 16.1. The number of nitrogens with one attached hydrogen (secondary N) is 1. The SMILES string of the molecule is CCOc1cccc(CC(=O)NC2CC(=O)N(C(C)C)C2)n1. The summed E-state index contributed by atoms with van der Waals surface area (Å²) in [6, 6.07) is 5.43. The number of nitrogens with zero attached hydrogens (tertiary/aromatic N) is 2. The first-order valence-corrected chi connectivity index (χ1v) is 7.67. The van der Waals surface area contributed by atoms with Crippen LogP contribution in [-0.2, 0) is 16.0 Å². The predicted octanol–water partition coefficient (Wildman–Crippen LogP) is 1.15. The molecule has 1 aliphatic rings. The third-order valence-corrected chi connectivity index (χ3v) is 3.56. The van der Waals surface area contributed by atoms with E-state index < -0.39 is 0 Å². The topological polar surface area (TPSA) is 71.5 Å². The number of likely N-dealkylation sites (tertiary alicyclic amines) is 1. The Balaban J connectivity index is 1.88. The average molecular weight is 305 g/mol. The number of aromatic nitrogens is 1. The summed E-state index contributed by atoms with van der Waals surface area (Å²) in [4.78, 5) is 30.0. The van der Waals surface area contributed by atoms with Gasteiger partial charge in [0.05, 0.1) is 24.8 Å². The molecule has 1 unspecified atom stereocenters. The number of rotatable bonds is 6. The van der Waals surface area contributed by atoms with Crippen LogP contribution in [0.2, 0.25) is 0 Å². The van der Waals surface area contributed by atoms with E-state index in [4.69, 9.17) is 4.74 Å². The molecule has 6 heteroatoms. The van der Waals surface area contributed by atoms with Crippen LogP contribution in [0, 0.1) is 0 Å². The highest BCUT2D eigenvalue weighted by Crippen LogP contribution is 2.14. The van der Waals surface area contributed by atoms with E-state index in [9.17, 15) is 9.59 Å². The highest BCUT2D eigenvalue weighted by Gasteiger charge is 2.31. The maximum Gasteiger partial charge on any atom is 0.226 e. The molecule has 0 saturated carbocycles. The summed E-state index contributed by atoms with van der Waals surface area (Å²) in [7, 11) is 0. The van der Waals surface area contributed by atoms with E-state index in [0.29, 0.717) is 31.1 Å². The number of amides is 2. The number of carbonyl (C=O) groups excluding carboxylic acids is 2. The zero-order valence-corrected chi connectivity index (χ0v) is 13.3. The maximum atomic E-state index is 12.1. The van der Waals surface area contributed by atoms with E-state index >= 15 is 0 Å². The van der Waals surface area contributed by atoms with Gasteiger partial charge in [0.2, 0.25) is 17.7 Å². The molecular formula is C16H23N3O3. The van der Waals surface area contributed by atoms with Gasteiger partial charge in [-0.05, 0) is 26.8 Å². The second-order valence-electron chi connectivity index (χ2n) is 5.69. The Morgan fingerprint density at radius 3 is 2.91 bits per heavy atom. The molecule has 1 saturated heterocycles. The van der Waals surface area contributed by atoms with Crippen molar-refractivity contribution < 1.29 is 14.3 Å². The maximum absolute atomic E-state index is 12.1. The molecule has 1 aromatic heterocycles. The fourth-order valence-electron chi connectivity index (χ4n) is 2.55. The third kappa shape index (κ3) is 4.19. The summed E-state index contributed by atoms with van der Waals surface area (Å²) in [5, 5.41) is 2.91. The van der Waals surface area contributed by atoms with Crippen LogP contribution >= 0.6 is 0 Å². The monoisotopic (exact) mass is 305 g/mol. The zero-order valence-electron chi connectivity index (χ0n) is 13.3.